The number of fused-ring (bicyclic) bond motifs is 1. The molecule has 34 heavy (non-hydrogen) atoms. The monoisotopic (exact) mass is 464 g/mol. The number of pyridine rings is 1. The molecule has 182 valence electrons. The molecule has 2 fully saturated rings. The molecular formula is C25H36N8O. The van der Waals surface area contributed by atoms with Gasteiger partial charge in [-0.05, 0) is 46.0 Å². The van der Waals surface area contributed by atoms with Gasteiger partial charge in [-0.1, -0.05) is 6.92 Å². The maximum absolute atomic E-state index is 6.24. The van der Waals surface area contributed by atoms with Gasteiger partial charge in [0.2, 0.25) is 0 Å². The van der Waals surface area contributed by atoms with Crippen molar-refractivity contribution >= 4 is 22.7 Å². The minimum Gasteiger partial charge on any atom is -0.382 e. The first-order chi connectivity index (χ1) is 16.5. The molecule has 0 unspecified atom stereocenters. The number of nitrogens with zero attached hydrogens (tertiary/aromatic N) is 6. The molecule has 0 spiro atoms. The Labute approximate surface area is 201 Å². The van der Waals surface area contributed by atoms with Crippen LogP contribution >= 0.6 is 0 Å². The van der Waals surface area contributed by atoms with Gasteiger partial charge in [0.25, 0.3) is 0 Å². The van der Waals surface area contributed by atoms with Crippen LogP contribution in [0.15, 0.2) is 18.6 Å². The van der Waals surface area contributed by atoms with Gasteiger partial charge in [0.15, 0.2) is 5.82 Å². The molecular weight excluding hydrogens is 428 g/mol. The zero-order valence-electron chi connectivity index (χ0n) is 20.5. The van der Waals surface area contributed by atoms with E-state index in [1.807, 2.05) is 6.20 Å². The second-order valence-corrected chi connectivity index (χ2v) is 9.73. The predicted octanol–water partition coefficient (Wildman–Crippen LogP) is 3.67. The standard InChI is InChI=1S/C25H36N8O/c1-4-21-25(29-18-7-11-34-12-8-18)31-22-20(14-27-24(26)23(22)30-21)17-13-28-33(15-17)19-5-9-32(10-6-19)16(2)3/h13-16,18-19H,4-12H2,1-3H3,(H2,26,27)(H,29,31). The smallest absolute Gasteiger partial charge is 0.151 e. The largest absolute Gasteiger partial charge is 0.382 e. The number of piperidine rings is 1. The van der Waals surface area contributed by atoms with Crippen LogP contribution in [0.3, 0.4) is 0 Å². The van der Waals surface area contributed by atoms with Gasteiger partial charge in [-0.25, -0.2) is 15.0 Å². The molecule has 3 N–H and O–H groups in total. The molecule has 0 saturated carbocycles. The summed E-state index contributed by atoms with van der Waals surface area (Å²) in [5.41, 5.74) is 10.5. The van der Waals surface area contributed by atoms with Gasteiger partial charge in [0.1, 0.15) is 16.9 Å². The summed E-state index contributed by atoms with van der Waals surface area (Å²) < 4.78 is 7.63. The van der Waals surface area contributed by atoms with Crippen molar-refractivity contribution in [1.82, 2.24) is 29.6 Å². The van der Waals surface area contributed by atoms with E-state index < -0.39 is 0 Å². The Bertz CT molecular complexity index is 1130. The molecule has 3 aromatic heterocycles. The number of ether oxygens (including phenoxy) is 1. The molecule has 2 aliphatic heterocycles. The summed E-state index contributed by atoms with van der Waals surface area (Å²) in [6.07, 6.45) is 10.8. The van der Waals surface area contributed by atoms with Crippen molar-refractivity contribution in [2.75, 3.05) is 37.4 Å². The SMILES string of the molecule is CCc1nc2c(N)ncc(-c3cnn(C4CCN(C(C)C)CC4)c3)c2nc1NC1CCOCC1. The maximum atomic E-state index is 6.24. The molecule has 9 heteroatoms. The third-order valence-electron chi connectivity index (χ3n) is 7.21. The highest BCUT2D eigenvalue weighted by atomic mass is 16.5. The van der Waals surface area contributed by atoms with Crippen molar-refractivity contribution in [3.8, 4) is 11.1 Å². The van der Waals surface area contributed by atoms with E-state index in [9.17, 15) is 0 Å². The van der Waals surface area contributed by atoms with E-state index >= 15 is 0 Å². The van der Waals surface area contributed by atoms with Crippen LogP contribution in [0.25, 0.3) is 22.2 Å². The molecule has 0 bridgehead atoms. The van der Waals surface area contributed by atoms with Crippen LogP contribution in [0.5, 0.6) is 0 Å². The fourth-order valence-corrected chi connectivity index (χ4v) is 5.05. The number of nitrogens with one attached hydrogen (secondary N) is 1. The number of nitrogens with two attached hydrogens (primary N) is 1. The number of hydrogen-bond donors (Lipinski definition) is 2. The Morgan fingerprint density at radius 2 is 1.85 bits per heavy atom. The van der Waals surface area contributed by atoms with E-state index in [0.717, 1.165) is 86.6 Å². The number of hydrogen-bond acceptors (Lipinski definition) is 8. The summed E-state index contributed by atoms with van der Waals surface area (Å²) in [4.78, 5) is 16.9. The van der Waals surface area contributed by atoms with Crippen LogP contribution in [-0.2, 0) is 11.2 Å². The third-order valence-corrected chi connectivity index (χ3v) is 7.21. The van der Waals surface area contributed by atoms with Gasteiger partial charge in [0, 0.05) is 61.9 Å². The summed E-state index contributed by atoms with van der Waals surface area (Å²) in [5.74, 6) is 1.24. The van der Waals surface area contributed by atoms with E-state index in [1.165, 1.54) is 0 Å². The number of rotatable bonds is 6. The van der Waals surface area contributed by atoms with Crippen molar-refractivity contribution in [3.63, 3.8) is 0 Å². The van der Waals surface area contributed by atoms with Crippen LogP contribution in [0.2, 0.25) is 0 Å². The predicted molar refractivity (Wildman–Crippen MR) is 135 cm³/mol. The topological polar surface area (TPSA) is 107 Å². The molecule has 5 heterocycles. The molecule has 0 aliphatic carbocycles. The lowest BCUT2D eigenvalue weighted by molar-refractivity contribution is 0.0903. The fraction of sp³-hybridized carbons (Fsp3) is 0.600. The molecule has 0 atom stereocenters. The Hall–Kier alpha value is -2.78. The number of likely N-dealkylation sites (tertiary alicyclic amines) is 1. The number of aromatic nitrogens is 5. The van der Waals surface area contributed by atoms with Gasteiger partial charge >= 0.3 is 0 Å². The Morgan fingerprint density at radius 1 is 1.09 bits per heavy atom. The van der Waals surface area contributed by atoms with E-state index in [4.69, 9.17) is 25.5 Å². The summed E-state index contributed by atoms with van der Waals surface area (Å²) >= 11 is 0. The second-order valence-electron chi connectivity index (χ2n) is 9.73. The van der Waals surface area contributed by atoms with Crippen LogP contribution in [0.4, 0.5) is 11.6 Å². The van der Waals surface area contributed by atoms with E-state index in [2.05, 4.69) is 46.9 Å². The minimum atomic E-state index is 0.341. The van der Waals surface area contributed by atoms with E-state index in [0.29, 0.717) is 29.5 Å². The lowest BCUT2D eigenvalue weighted by atomic mass is 10.0. The Morgan fingerprint density at radius 3 is 2.56 bits per heavy atom. The molecule has 0 radical (unpaired) electrons. The zero-order chi connectivity index (χ0) is 23.7. The second kappa shape index (κ2) is 9.84. The minimum absolute atomic E-state index is 0.341. The molecule has 2 aliphatic rings. The summed E-state index contributed by atoms with van der Waals surface area (Å²) in [5, 5.41) is 8.35. The first-order valence-corrected chi connectivity index (χ1v) is 12.6. The van der Waals surface area contributed by atoms with Crippen molar-refractivity contribution < 1.29 is 4.74 Å². The highest BCUT2D eigenvalue weighted by Gasteiger charge is 2.24. The molecule has 2 saturated heterocycles. The Balaban J connectivity index is 1.46. The van der Waals surface area contributed by atoms with Crippen molar-refractivity contribution in [2.24, 2.45) is 0 Å². The normalized spacial score (nSPS) is 18.7. The van der Waals surface area contributed by atoms with Crippen molar-refractivity contribution in [3.05, 3.63) is 24.3 Å². The quantitative estimate of drug-likeness (QED) is 0.569. The van der Waals surface area contributed by atoms with Gasteiger partial charge < -0.3 is 20.7 Å². The lowest BCUT2D eigenvalue weighted by Gasteiger charge is -2.34. The van der Waals surface area contributed by atoms with Crippen LogP contribution in [-0.4, -0.2) is 68.0 Å². The molecule has 0 aromatic carbocycles. The Kier molecular flexibility index (Phi) is 6.65. The molecule has 3 aromatic rings. The van der Waals surface area contributed by atoms with E-state index in [-0.39, 0.29) is 0 Å². The van der Waals surface area contributed by atoms with Crippen LogP contribution in [0, 0.1) is 0 Å². The van der Waals surface area contributed by atoms with E-state index in [1.54, 1.807) is 6.20 Å². The fourth-order valence-electron chi connectivity index (χ4n) is 5.05. The number of nitrogen functional groups attached to an aromatic ring is 1. The zero-order valence-corrected chi connectivity index (χ0v) is 20.5. The van der Waals surface area contributed by atoms with Crippen LogP contribution in [0.1, 0.15) is 58.2 Å². The van der Waals surface area contributed by atoms with Gasteiger partial charge in [-0.15, -0.1) is 0 Å². The number of aryl methyl sites for hydroxylation is 1. The third kappa shape index (κ3) is 4.59. The molecule has 9 nitrogen and oxygen atoms in total. The summed E-state index contributed by atoms with van der Waals surface area (Å²) in [6.45, 7) is 10.4. The molecule has 5 rings (SSSR count). The van der Waals surface area contributed by atoms with Crippen molar-refractivity contribution in [2.45, 2.75) is 71.0 Å². The molecule has 0 amide bonds. The van der Waals surface area contributed by atoms with Gasteiger partial charge in [-0.2, -0.15) is 5.10 Å². The van der Waals surface area contributed by atoms with Gasteiger partial charge in [-0.3, -0.25) is 4.68 Å². The van der Waals surface area contributed by atoms with Crippen LogP contribution < -0.4 is 11.1 Å². The summed E-state index contributed by atoms with van der Waals surface area (Å²) in [6, 6.07) is 1.35. The average molecular weight is 465 g/mol. The highest BCUT2D eigenvalue weighted by Crippen LogP contribution is 2.32. The lowest BCUT2D eigenvalue weighted by Crippen LogP contribution is -2.39. The number of anilines is 2. The first kappa shape index (κ1) is 23.0. The maximum Gasteiger partial charge on any atom is 0.151 e. The summed E-state index contributed by atoms with van der Waals surface area (Å²) in [7, 11) is 0. The van der Waals surface area contributed by atoms with Gasteiger partial charge in [0.05, 0.1) is 17.9 Å². The average Bonchev–Trinajstić information content (AvgIpc) is 3.35. The van der Waals surface area contributed by atoms with Crippen molar-refractivity contribution in [1.29, 1.82) is 0 Å². The first-order valence-electron chi connectivity index (χ1n) is 12.6. The highest BCUT2D eigenvalue weighted by molar-refractivity contribution is 5.96.